The van der Waals surface area contributed by atoms with Gasteiger partial charge in [0.2, 0.25) is 0 Å². The minimum Gasteiger partial charge on any atom is -0.460 e. The molecule has 0 aromatic rings. The molecule has 0 saturated heterocycles. The third-order valence-corrected chi connectivity index (χ3v) is 1.32. The lowest BCUT2D eigenvalue weighted by Gasteiger charge is -2.23. The van der Waals surface area contributed by atoms with Gasteiger partial charge in [-0.3, -0.25) is 4.79 Å². The topological polar surface area (TPSA) is 92.8 Å². The van der Waals surface area contributed by atoms with Gasteiger partial charge in [-0.1, -0.05) is 0 Å². The van der Waals surface area contributed by atoms with Gasteiger partial charge in [-0.05, 0) is 20.8 Å². The Kier molecular flexibility index (Phi) is 4.32. The highest BCUT2D eigenvalue weighted by Gasteiger charge is 2.28. The molecule has 0 rings (SSSR count). The summed E-state index contributed by atoms with van der Waals surface area (Å²) in [7, 11) is 0. The first-order chi connectivity index (χ1) is 5.78. The van der Waals surface area contributed by atoms with E-state index in [2.05, 4.69) is 0 Å². The molecule has 0 heterocycles. The van der Waals surface area contributed by atoms with Crippen LogP contribution in [0.1, 0.15) is 20.8 Å². The fraction of sp³-hybridized carbons (Fsp3) is 0.875. The number of ether oxygens (including phenoxy) is 1. The second-order valence-electron chi connectivity index (χ2n) is 3.79. The lowest BCUT2D eigenvalue weighted by Crippen LogP contribution is -2.39. The van der Waals surface area contributed by atoms with Crippen LogP contribution in [0.25, 0.3) is 0 Å². The maximum absolute atomic E-state index is 11.2. The first-order valence-electron chi connectivity index (χ1n) is 4.07. The highest BCUT2D eigenvalue weighted by molar-refractivity contribution is 5.73. The molecule has 0 amide bonds. The van der Waals surface area contributed by atoms with Crippen LogP contribution in [-0.4, -0.2) is 34.6 Å². The van der Waals surface area contributed by atoms with Crippen LogP contribution in [0.5, 0.6) is 0 Å². The Bertz CT molecular complexity index is 173. The van der Waals surface area contributed by atoms with Gasteiger partial charge in [0.25, 0.3) is 0 Å². The SMILES string of the molecule is CC(C)(C)OC(=O)[C@H](CN)C(O)O. The summed E-state index contributed by atoms with van der Waals surface area (Å²) < 4.78 is 4.91. The molecule has 0 bridgehead atoms. The first-order valence-corrected chi connectivity index (χ1v) is 4.07. The predicted octanol–water partition coefficient (Wildman–Crippen LogP) is -0.786. The molecular formula is C8H17NO4. The van der Waals surface area contributed by atoms with Crippen molar-refractivity contribution in [1.29, 1.82) is 0 Å². The summed E-state index contributed by atoms with van der Waals surface area (Å²) >= 11 is 0. The zero-order valence-electron chi connectivity index (χ0n) is 8.15. The van der Waals surface area contributed by atoms with Crippen molar-refractivity contribution < 1.29 is 19.7 Å². The summed E-state index contributed by atoms with van der Waals surface area (Å²) in [5.74, 6) is -1.76. The third kappa shape index (κ3) is 4.82. The van der Waals surface area contributed by atoms with Crippen molar-refractivity contribution in [3.63, 3.8) is 0 Å². The standard InChI is InChI=1S/C8H17NO4/c1-8(2,3)13-7(12)5(4-9)6(10)11/h5-6,10-11H,4,9H2,1-3H3/t5-/m1/s1. The van der Waals surface area contributed by atoms with Gasteiger partial charge in [0.05, 0.1) is 0 Å². The molecule has 0 aromatic carbocycles. The van der Waals surface area contributed by atoms with Crippen LogP contribution in [-0.2, 0) is 9.53 Å². The molecule has 0 aromatic heterocycles. The summed E-state index contributed by atoms with van der Waals surface area (Å²) in [5.41, 5.74) is 4.53. The van der Waals surface area contributed by atoms with E-state index in [4.69, 9.17) is 20.7 Å². The van der Waals surface area contributed by atoms with Crippen LogP contribution >= 0.6 is 0 Å². The zero-order chi connectivity index (χ0) is 10.6. The van der Waals surface area contributed by atoms with E-state index in [9.17, 15) is 4.79 Å². The van der Waals surface area contributed by atoms with Crippen LogP contribution in [0.3, 0.4) is 0 Å². The van der Waals surface area contributed by atoms with E-state index in [1.807, 2.05) is 0 Å². The molecule has 1 atom stereocenters. The average Bonchev–Trinajstić information content (AvgIpc) is 1.82. The molecule has 4 N–H and O–H groups in total. The molecule has 0 aliphatic carbocycles. The maximum Gasteiger partial charge on any atom is 0.315 e. The number of aliphatic hydroxyl groups is 2. The molecule has 5 heteroatoms. The van der Waals surface area contributed by atoms with E-state index < -0.39 is 23.8 Å². The van der Waals surface area contributed by atoms with E-state index in [0.29, 0.717) is 0 Å². The summed E-state index contributed by atoms with van der Waals surface area (Å²) in [6.45, 7) is 4.94. The van der Waals surface area contributed by atoms with Crippen LogP contribution < -0.4 is 5.73 Å². The summed E-state index contributed by atoms with van der Waals surface area (Å²) in [6.07, 6.45) is -1.76. The molecule has 0 radical (unpaired) electrons. The molecular weight excluding hydrogens is 174 g/mol. The number of carbonyl (C=O) groups excluding carboxylic acids is 1. The van der Waals surface area contributed by atoms with Crippen molar-refractivity contribution in [3.05, 3.63) is 0 Å². The van der Waals surface area contributed by atoms with Gasteiger partial charge >= 0.3 is 5.97 Å². The van der Waals surface area contributed by atoms with Crippen LogP contribution in [0, 0.1) is 5.92 Å². The Morgan fingerprint density at radius 2 is 1.92 bits per heavy atom. The Labute approximate surface area is 77.5 Å². The normalized spacial score (nSPS) is 14.4. The smallest absolute Gasteiger partial charge is 0.315 e. The molecule has 5 nitrogen and oxygen atoms in total. The van der Waals surface area contributed by atoms with Gasteiger partial charge in [0.15, 0.2) is 6.29 Å². The summed E-state index contributed by atoms with van der Waals surface area (Å²) in [5, 5.41) is 17.5. The number of hydrogen-bond acceptors (Lipinski definition) is 5. The van der Waals surface area contributed by atoms with Crippen molar-refractivity contribution >= 4 is 5.97 Å². The third-order valence-electron chi connectivity index (χ3n) is 1.32. The quantitative estimate of drug-likeness (QED) is 0.401. The Hall–Kier alpha value is -0.650. The number of esters is 1. The molecule has 0 fully saturated rings. The Morgan fingerprint density at radius 1 is 1.46 bits per heavy atom. The first kappa shape index (κ1) is 12.3. The van der Waals surface area contributed by atoms with Crippen LogP contribution in [0.15, 0.2) is 0 Å². The van der Waals surface area contributed by atoms with Gasteiger partial charge in [-0.15, -0.1) is 0 Å². The van der Waals surface area contributed by atoms with Crippen molar-refractivity contribution in [1.82, 2.24) is 0 Å². The van der Waals surface area contributed by atoms with Gasteiger partial charge in [0, 0.05) is 6.54 Å². The van der Waals surface area contributed by atoms with Crippen molar-refractivity contribution in [2.24, 2.45) is 11.7 Å². The van der Waals surface area contributed by atoms with Crippen LogP contribution in [0.2, 0.25) is 0 Å². The van der Waals surface area contributed by atoms with Crippen molar-refractivity contribution in [2.45, 2.75) is 32.7 Å². The van der Waals surface area contributed by atoms with Crippen molar-refractivity contribution in [2.75, 3.05) is 6.54 Å². The number of carbonyl (C=O) groups is 1. The van der Waals surface area contributed by atoms with Gasteiger partial charge in [-0.2, -0.15) is 0 Å². The molecule has 0 aliphatic rings. The van der Waals surface area contributed by atoms with Crippen molar-refractivity contribution in [3.8, 4) is 0 Å². The van der Waals surface area contributed by atoms with Gasteiger partial charge < -0.3 is 20.7 Å². The number of aliphatic hydroxyl groups excluding tert-OH is 1. The molecule has 78 valence electrons. The number of rotatable bonds is 3. The van der Waals surface area contributed by atoms with E-state index in [0.717, 1.165) is 0 Å². The van der Waals surface area contributed by atoms with E-state index in [1.54, 1.807) is 20.8 Å². The maximum atomic E-state index is 11.2. The Balaban J connectivity index is 4.23. The fourth-order valence-corrected chi connectivity index (χ4v) is 0.717. The highest BCUT2D eigenvalue weighted by atomic mass is 16.6. The van der Waals surface area contributed by atoms with Crippen LogP contribution in [0.4, 0.5) is 0 Å². The van der Waals surface area contributed by atoms with Gasteiger partial charge in [-0.25, -0.2) is 0 Å². The molecule has 0 saturated carbocycles. The molecule has 0 aliphatic heterocycles. The molecule has 13 heavy (non-hydrogen) atoms. The Morgan fingerprint density at radius 3 is 2.15 bits per heavy atom. The minimum atomic E-state index is -1.76. The second-order valence-corrected chi connectivity index (χ2v) is 3.79. The second kappa shape index (κ2) is 4.55. The van der Waals surface area contributed by atoms with E-state index in [-0.39, 0.29) is 6.54 Å². The largest absolute Gasteiger partial charge is 0.460 e. The fourth-order valence-electron chi connectivity index (χ4n) is 0.717. The highest BCUT2D eigenvalue weighted by Crippen LogP contribution is 2.12. The monoisotopic (exact) mass is 191 g/mol. The van der Waals surface area contributed by atoms with Gasteiger partial charge in [0.1, 0.15) is 11.5 Å². The summed E-state index contributed by atoms with van der Waals surface area (Å²) in [4.78, 5) is 11.2. The molecule has 0 spiro atoms. The molecule has 0 unspecified atom stereocenters. The predicted molar refractivity (Wildman–Crippen MR) is 46.6 cm³/mol. The van der Waals surface area contributed by atoms with E-state index in [1.165, 1.54) is 0 Å². The number of nitrogens with two attached hydrogens (primary N) is 1. The lowest BCUT2D eigenvalue weighted by molar-refractivity contribution is -0.174. The zero-order valence-corrected chi connectivity index (χ0v) is 8.15. The van der Waals surface area contributed by atoms with E-state index >= 15 is 0 Å². The minimum absolute atomic E-state index is 0.146. The lowest BCUT2D eigenvalue weighted by atomic mass is 10.1. The summed E-state index contributed by atoms with van der Waals surface area (Å²) in [6, 6.07) is 0. The average molecular weight is 191 g/mol. The number of hydrogen-bond donors (Lipinski definition) is 3.